The first-order valence-corrected chi connectivity index (χ1v) is 0.855. The van der Waals surface area contributed by atoms with Gasteiger partial charge < -0.3 is 0 Å². The quantitative estimate of drug-likeness (QED) is 0.253. The molecular weight excluding hydrogens is 229 g/mol. The van der Waals surface area contributed by atoms with E-state index in [4.69, 9.17) is 20.2 Å². The summed E-state index contributed by atoms with van der Waals surface area (Å²) in [6, 6.07) is 0. The maximum Gasteiger partial charge on any atom is 2.00 e. The fraction of sp³-hybridized carbons (Fsp3) is 0. The summed E-state index contributed by atoms with van der Waals surface area (Å²) in [5, 5.41) is 14.5. The molecule has 0 amide bonds. The van der Waals surface area contributed by atoms with Crippen molar-refractivity contribution < 1.29 is 21.1 Å². The van der Waals surface area contributed by atoms with Gasteiger partial charge in [-0.3, -0.25) is 0 Å². The molecule has 0 radical (unpaired) electrons. The summed E-state index contributed by atoms with van der Waals surface area (Å²) in [7, 11) is 0. The minimum Gasteiger partial charge on any atom is -0.248 e. The molecule has 0 aromatic rings. The zero-order valence-corrected chi connectivity index (χ0v) is 7.86. The van der Waals surface area contributed by atoms with Gasteiger partial charge in [-0.2, -0.15) is 0 Å². The van der Waals surface area contributed by atoms with Crippen LogP contribution in [0.5, 0.6) is 0 Å². The van der Waals surface area contributed by atoms with Crippen molar-refractivity contribution in [2.24, 2.45) is 0 Å². The molecule has 7 heavy (non-hydrogen) atoms. The SMILES string of the molecule is O=[NH+]O.O=[NH+]O.[Ba+2]. The maximum absolute atomic E-state index is 8.24. The van der Waals surface area contributed by atoms with Crippen molar-refractivity contribution in [3.05, 3.63) is 9.81 Å². The van der Waals surface area contributed by atoms with E-state index in [1.165, 1.54) is 0 Å². The second kappa shape index (κ2) is 32.7. The van der Waals surface area contributed by atoms with Gasteiger partial charge in [0.15, 0.2) is 10.7 Å². The Morgan fingerprint density at radius 2 is 1.00 bits per heavy atom. The molecular formula is H4BaN2O4+4. The first-order chi connectivity index (χ1) is 2.83. The third-order valence-corrected chi connectivity index (χ3v) is 0. The van der Waals surface area contributed by atoms with Gasteiger partial charge in [0.2, 0.25) is 0 Å². The Morgan fingerprint density at radius 3 is 1.00 bits per heavy atom. The third kappa shape index (κ3) is 883. The normalized spacial score (nSPS) is 3.43. The molecule has 0 bridgehead atoms. The minimum absolute atomic E-state index is 0. The van der Waals surface area contributed by atoms with Crippen LogP contribution in [0.2, 0.25) is 0 Å². The van der Waals surface area contributed by atoms with Gasteiger partial charge in [0.05, 0.1) is 9.81 Å². The topological polar surface area (TPSA) is 103 Å². The molecule has 0 atom stereocenters. The molecule has 0 aliphatic rings. The molecule has 7 heteroatoms. The first-order valence-electron chi connectivity index (χ1n) is 0.855. The van der Waals surface area contributed by atoms with Gasteiger partial charge in [-0.25, -0.2) is 10.4 Å². The zero-order chi connectivity index (χ0) is 5.41. The van der Waals surface area contributed by atoms with Gasteiger partial charge in [0, 0.05) is 0 Å². The second-order valence-corrected chi connectivity index (χ2v) is 0.183. The minimum atomic E-state index is 0. The number of hydrogen-bond donors (Lipinski definition) is 4. The summed E-state index contributed by atoms with van der Waals surface area (Å²) in [5.74, 6) is 0. The van der Waals surface area contributed by atoms with Gasteiger partial charge in [-0.1, -0.05) is 0 Å². The number of rotatable bonds is 0. The Hall–Kier alpha value is 0.371. The van der Waals surface area contributed by atoms with Gasteiger partial charge in [-0.15, -0.1) is 0 Å². The standard InChI is InChI=1S/Ba.2HNO2/c;2*2-1-3/h;2*1H/q+2;;/p+2. The van der Waals surface area contributed by atoms with E-state index in [-0.39, 0.29) is 48.9 Å². The molecule has 0 aromatic carbocycles. The van der Waals surface area contributed by atoms with Gasteiger partial charge >= 0.3 is 48.9 Å². The van der Waals surface area contributed by atoms with E-state index >= 15 is 0 Å². The summed E-state index contributed by atoms with van der Waals surface area (Å²) < 4.78 is 0. The molecule has 0 aliphatic carbocycles. The van der Waals surface area contributed by atoms with Crippen LogP contribution in [0, 0.1) is 9.81 Å². The van der Waals surface area contributed by atoms with E-state index in [0.717, 1.165) is 0 Å². The summed E-state index contributed by atoms with van der Waals surface area (Å²) in [6.45, 7) is 0. The monoisotopic (exact) mass is 234 g/mol. The molecule has 0 fully saturated rings. The summed E-state index contributed by atoms with van der Waals surface area (Å²) in [4.78, 5) is 16.5. The third-order valence-electron chi connectivity index (χ3n) is 0. The van der Waals surface area contributed by atoms with E-state index in [0.29, 0.717) is 10.7 Å². The zero-order valence-electron chi connectivity index (χ0n) is 3.42. The molecule has 0 spiro atoms. The molecule has 0 heterocycles. The van der Waals surface area contributed by atoms with Crippen LogP contribution in [-0.2, 0) is 0 Å². The van der Waals surface area contributed by atoms with Crippen LogP contribution >= 0.6 is 0 Å². The Kier molecular flexibility index (Phi) is 73.1. The van der Waals surface area contributed by atoms with Crippen LogP contribution in [0.15, 0.2) is 0 Å². The van der Waals surface area contributed by atoms with Crippen molar-refractivity contribution in [3.63, 3.8) is 0 Å². The summed E-state index contributed by atoms with van der Waals surface area (Å²) in [5.41, 5.74) is 0. The van der Waals surface area contributed by atoms with Gasteiger partial charge in [0.25, 0.3) is 0 Å². The van der Waals surface area contributed by atoms with Crippen molar-refractivity contribution in [1.82, 2.24) is 0 Å². The molecule has 4 N–H and O–H groups in total. The largest absolute Gasteiger partial charge is 2.00 e. The van der Waals surface area contributed by atoms with Crippen LogP contribution < -0.4 is 10.7 Å². The second-order valence-electron chi connectivity index (χ2n) is 0.183. The molecule has 0 rings (SSSR count). The van der Waals surface area contributed by atoms with Crippen molar-refractivity contribution >= 4 is 48.9 Å². The number of nitrogens with one attached hydrogen (secondary N) is 2. The number of hydrogen-bond acceptors (Lipinski definition) is 2. The van der Waals surface area contributed by atoms with Crippen LogP contribution in [0.25, 0.3) is 0 Å². The predicted octanol–water partition coefficient (Wildman–Crippen LogP) is -3.94. The average molecular weight is 233 g/mol. The maximum atomic E-state index is 8.24. The molecule has 0 aromatic heterocycles. The van der Waals surface area contributed by atoms with E-state index in [2.05, 4.69) is 0 Å². The van der Waals surface area contributed by atoms with Crippen molar-refractivity contribution in [2.75, 3.05) is 0 Å². The summed E-state index contributed by atoms with van der Waals surface area (Å²) in [6.07, 6.45) is 0. The Labute approximate surface area is 78.8 Å². The fourth-order valence-corrected chi connectivity index (χ4v) is 0. The van der Waals surface area contributed by atoms with Crippen molar-refractivity contribution in [3.8, 4) is 0 Å². The average Bonchev–Trinajstić information content (AvgIpc) is 1.39. The van der Waals surface area contributed by atoms with Gasteiger partial charge in [0.1, 0.15) is 0 Å². The molecule has 6 nitrogen and oxygen atoms in total. The Bertz CT molecular complexity index is 30.7. The molecule has 0 saturated carbocycles. The van der Waals surface area contributed by atoms with Crippen molar-refractivity contribution in [1.29, 1.82) is 0 Å². The Balaban J connectivity index is -0.0000000400. The van der Waals surface area contributed by atoms with Gasteiger partial charge in [-0.05, 0) is 0 Å². The predicted molar refractivity (Wildman–Crippen MR) is 18.0 cm³/mol. The molecule has 0 saturated heterocycles. The molecule has 36 valence electrons. The van der Waals surface area contributed by atoms with E-state index in [1.54, 1.807) is 0 Å². The molecule has 0 aliphatic heterocycles. The van der Waals surface area contributed by atoms with Crippen LogP contribution in [0.3, 0.4) is 0 Å². The summed E-state index contributed by atoms with van der Waals surface area (Å²) >= 11 is 0. The van der Waals surface area contributed by atoms with Crippen LogP contribution in [0.1, 0.15) is 0 Å². The smallest absolute Gasteiger partial charge is 0.248 e. The Morgan fingerprint density at radius 1 is 1.00 bits per heavy atom. The van der Waals surface area contributed by atoms with Crippen LogP contribution in [-0.4, -0.2) is 59.3 Å². The van der Waals surface area contributed by atoms with Crippen molar-refractivity contribution in [2.45, 2.75) is 0 Å². The van der Waals surface area contributed by atoms with E-state index in [9.17, 15) is 0 Å². The van der Waals surface area contributed by atoms with E-state index in [1.807, 2.05) is 0 Å². The fourth-order valence-electron chi connectivity index (χ4n) is 0. The van der Waals surface area contributed by atoms with Crippen LogP contribution in [0.4, 0.5) is 0 Å². The first kappa shape index (κ1) is 15.7. The molecule has 0 unspecified atom stereocenters. The van der Waals surface area contributed by atoms with E-state index < -0.39 is 0 Å².